The average molecular weight is 256 g/mol. The van der Waals surface area contributed by atoms with Crippen LogP contribution in [0.25, 0.3) is 0 Å². The Bertz CT molecular complexity index is 533. The molecule has 17 heavy (non-hydrogen) atoms. The van der Waals surface area contributed by atoms with Crippen molar-refractivity contribution < 1.29 is 12.7 Å². The summed E-state index contributed by atoms with van der Waals surface area (Å²) in [6.45, 7) is 0.590. The van der Waals surface area contributed by atoms with Crippen LogP contribution in [0.2, 0.25) is 0 Å². The fourth-order valence-corrected chi connectivity index (χ4v) is 2.21. The fraction of sp³-hybridized carbons (Fsp3) is 0.333. The second-order valence-electron chi connectivity index (χ2n) is 3.41. The monoisotopic (exact) mass is 256 g/mol. The summed E-state index contributed by atoms with van der Waals surface area (Å²) in [6, 6.07) is 0. The number of aryl methyl sites for hydroxylation is 1. The Morgan fingerprint density at radius 1 is 1.12 bits per heavy atom. The molecule has 0 aliphatic heterocycles. The van der Waals surface area contributed by atoms with Gasteiger partial charge in [-0.25, -0.2) is 9.97 Å². The Kier molecular flexibility index (Phi) is 3.43. The van der Waals surface area contributed by atoms with Crippen molar-refractivity contribution in [2.24, 2.45) is 0 Å². The Labute approximate surface area is 98.8 Å². The van der Waals surface area contributed by atoms with Crippen molar-refractivity contribution in [1.82, 2.24) is 19.3 Å². The summed E-state index contributed by atoms with van der Waals surface area (Å²) in [5.74, 6) is -0.0522. The van der Waals surface area contributed by atoms with Crippen LogP contribution in [-0.4, -0.2) is 33.4 Å². The van der Waals surface area contributed by atoms with E-state index in [1.54, 1.807) is 18.7 Å². The maximum Gasteiger partial charge on any atom is 0.327 e. The highest BCUT2D eigenvalue weighted by Gasteiger charge is 2.12. The van der Waals surface area contributed by atoms with Crippen LogP contribution < -0.4 is 4.28 Å². The molecule has 0 unspecified atom stereocenters. The van der Waals surface area contributed by atoms with E-state index < -0.39 is 10.1 Å². The van der Waals surface area contributed by atoms with Gasteiger partial charge in [-0.05, 0) is 6.42 Å². The normalized spacial score (nSPS) is 11.5. The lowest BCUT2D eigenvalue weighted by atomic mass is 10.5. The van der Waals surface area contributed by atoms with E-state index in [-0.39, 0.29) is 5.75 Å². The molecular weight excluding hydrogens is 244 g/mol. The third-order valence-corrected chi connectivity index (χ3v) is 3.24. The largest absolute Gasteiger partial charge is 0.337 e. The number of aromatic nitrogens is 4. The molecule has 7 nitrogen and oxygen atoms in total. The average Bonchev–Trinajstić information content (AvgIpc) is 2.89. The summed E-state index contributed by atoms with van der Waals surface area (Å²) in [6.07, 6.45) is 9.69. The van der Waals surface area contributed by atoms with Gasteiger partial charge in [0.15, 0.2) is 0 Å². The summed E-state index contributed by atoms with van der Waals surface area (Å²) in [4.78, 5) is 7.56. The van der Waals surface area contributed by atoms with Gasteiger partial charge in [0.1, 0.15) is 6.33 Å². The van der Waals surface area contributed by atoms with E-state index in [1.165, 1.54) is 18.7 Å². The molecule has 2 heterocycles. The van der Waals surface area contributed by atoms with Crippen LogP contribution in [-0.2, 0) is 16.7 Å². The summed E-state index contributed by atoms with van der Waals surface area (Å²) in [5, 5.41) is 0. The first-order chi connectivity index (χ1) is 8.16. The molecule has 0 N–H and O–H groups in total. The molecule has 2 rings (SSSR count). The smallest absolute Gasteiger partial charge is 0.327 e. The standard InChI is InChI=1S/C9H12N4O3S/c14-17(15,16-13-6-3-11-9-13)7-1-4-12-5-2-10-8-12/h2-3,5-6,8-9H,1,4,7H2. The van der Waals surface area contributed by atoms with Gasteiger partial charge in [0.25, 0.3) is 0 Å². The van der Waals surface area contributed by atoms with E-state index in [0.717, 1.165) is 4.73 Å². The van der Waals surface area contributed by atoms with Gasteiger partial charge >= 0.3 is 10.1 Å². The van der Waals surface area contributed by atoms with Crippen LogP contribution in [0, 0.1) is 0 Å². The zero-order valence-electron chi connectivity index (χ0n) is 9.01. The fourth-order valence-electron chi connectivity index (χ4n) is 1.30. The Hall–Kier alpha value is -1.83. The van der Waals surface area contributed by atoms with Crippen LogP contribution in [0.3, 0.4) is 0 Å². The molecule has 8 heteroatoms. The van der Waals surface area contributed by atoms with E-state index >= 15 is 0 Å². The van der Waals surface area contributed by atoms with Crippen molar-refractivity contribution in [3.05, 3.63) is 37.4 Å². The highest BCUT2D eigenvalue weighted by atomic mass is 32.2. The number of nitrogens with zero attached hydrogens (tertiary/aromatic N) is 4. The highest BCUT2D eigenvalue weighted by Crippen LogP contribution is 1.97. The SMILES string of the molecule is O=S(=O)(CCCn1ccnc1)On1ccnc1. The van der Waals surface area contributed by atoms with Gasteiger partial charge in [-0.15, -0.1) is 0 Å². The third kappa shape index (κ3) is 3.59. The van der Waals surface area contributed by atoms with Gasteiger partial charge in [-0.2, -0.15) is 13.1 Å². The molecule has 0 atom stereocenters. The summed E-state index contributed by atoms with van der Waals surface area (Å²) < 4.78 is 30.7. The van der Waals surface area contributed by atoms with Gasteiger partial charge < -0.3 is 4.57 Å². The molecule has 0 aromatic carbocycles. The van der Waals surface area contributed by atoms with Gasteiger partial charge in [-0.3, -0.25) is 4.28 Å². The molecule has 0 saturated carbocycles. The molecule has 0 radical (unpaired) electrons. The molecule has 2 aromatic rings. The highest BCUT2D eigenvalue weighted by molar-refractivity contribution is 7.86. The van der Waals surface area contributed by atoms with Crippen molar-refractivity contribution in [3.63, 3.8) is 0 Å². The third-order valence-electron chi connectivity index (χ3n) is 2.05. The quantitative estimate of drug-likeness (QED) is 0.722. The van der Waals surface area contributed by atoms with Gasteiger partial charge in [-0.1, -0.05) is 0 Å². The molecule has 0 aliphatic carbocycles. The summed E-state index contributed by atoms with van der Waals surface area (Å²) in [5.41, 5.74) is 0. The first kappa shape index (κ1) is 11.6. The summed E-state index contributed by atoms with van der Waals surface area (Å²) in [7, 11) is -3.57. The molecule has 0 amide bonds. The zero-order chi connectivity index (χ0) is 12.1. The minimum Gasteiger partial charge on any atom is -0.337 e. The lowest BCUT2D eigenvalue weighted by molar-refractivity contribution is 0.278. The van der Waals surface area contributed by atoms with E-state index in [4.69, 9.17) is 4.28 Å². The van der Waals surface area contributed by atoms with Gasteiger partial charge in [0.2, 0.25) is 0 Å². The predicted octanol–water partition coefficient (Wildman–Crippen LogP) is -0.0717. The molecular formula is C9H12N4O3S. The lowest BCUT2D eigenvalue weighted by Gasteiger charge is -2.06. The van der Waals surface area contributed by atoms with E-state index in [0.29, 0.717) is 13.0 Å². The number of hydrogen-bond donors (Lipinski definition) is 0. The van der Waals surface area contributed by atoms with Gasteiger partial charge in [0, 0.05) is 25.1 Å². The van der Waals surface area contributed by atoms with E-state index in [9.17, 15) is 8.42 Å². The molecule has 0 spiro atoms. The van der Waals surface area contributed by atoms with Crippen LogP contribution in [0.5, 0.6) is 0 Å². The predicted molar refractivity (Wildman–Crippen MR) is 59.4 cm³/mol. The second kappa shape index (κ2) is 5.00. The molecule has 0 saturated heterocycles. The number of rotatable bonds is 6. The van der Waals surface area contributed by atoms with Crippen LogP contribution >= 0.6 is 0 Å². The Morgan fingerprint density at radius 2 is 1.88 bits per heavy atom. The van der Waals surface area contributed by atoms with Crippen molar-refractivity contribution in [2.45, 2.75) is 13.0 Å². The van der Waals surface area contributed by atoms with E-state index in [2.05, 4.69) is 9.97 Å². The van der Waals surface area contributed by atoms with Crippen LogP contribution in [0.1, 0.15) is 6.42 Å². The first-order valence-corrected chi connectivity index (χ1v) is 6.60. The number of hydrogen-bond acceptors (Lipinski definition) is 5. The first-order valence-electron chi connectivity index (χ1n) is 5.02. The number of imidazole rings is 2. The van der Waals surface area contributed by atoms with Crippen molar-refractivity contribution >= 4 is 10.1 Å². The lowest BCUT2D eigenvalue weighted by Crippen LogP contribution is -2.22. The molecule has 2 aromatic heterocycles. The maximum atomic E-state index is 11.5. The minimum atomic E-state index is -3.57. The zero-order valence-corrected chi connectivity index (χ0v) is 9.82. The van der Waals surface area contributed by atoms with E-state index in [1.807, 2.05) is 4.57 Å². The van der Waals surface area contributed by atoms with Crippen molar-refractivity contribution in [1.29, 1.82) is 0 Å². The van der Waals surface area contributed by atoms with Crippen LogP contribution in [0.4, 0.5) is 0 Å². The molecule has 92 valence electrons. The molecule has 0 aliphatic rings. The Balaban J connectivity index is 1.81. The van der Waals surface area contributed by atoms with Gasteiger partial charge in [0.05, 0.1) is 18.3 Å². The van der Waals surface area contributed by atoms with Crippen LogP contribution in [0.15, 0.2) is 37.4 Å². The summed E-state index contributed by atoms with van der Waals surface area (Å²) >= 11 is 0. The molecule has 0 fully saturated rings. The molecule has 0 bridgehead atoms. The minimum absolute atomic E-state index is 0.0522. The topological polar surface area (TPSA) is 79.0 Å². The van der Waals surface area contributed by atoms with Crippen molar-refractivity contribution in [2.75, 3.05) is 5.75 Å². The van der Waals surface area contributed by atoms with Crippen molar-refractivity contribution in [3.8, 4) is 0 Å². The Morgan fingerprint density at radius 3 is 2.53 bits per heavy atom. The maximum absolute atomic E-state index is 11.5. The second-order valence-corrected chi connectivity index (χ2v) is 5.09.